The topological polar surface area (TPSA) is 64.3 Å². The first-order valence-corrected chi connectivity index (χ1v) is 6.69. The summed E-state index contributed by atoms with van der Waals surface area (Å²) in [4.78, 5) is 11.5. The molecule has 0 saturated heterocycles. The molecule has 0 spiro atoms. The highest BCUT2D eigenvalue weighted by Gasteiger charge is 2.14. The number of aryl methyl sites for hydroxylation is 2. The van der Waals surface area contributed by atoms with Gasteiger partial charge in [0.15, 0.2) is 0 Å². The maximum absolute atomic E-state index is 11.5. The van der Waals surface area contributed by atoms with E-state index in [4.69, 9.17) is 10.5 Å². The summed E-state index contributed by atoms with van der Waals surface area (Å²) in [7, 11) is 0. The van der Waals surface area contributed by atoms with Crippen molar-refractivity contribution >= 4 is 17.9 Å². The lowest BCUT2D eigenvalue weighted by molar-refractivity contribution is 0.0534. The van der Waals surface area contributed by atoms with Crippen LogP contribution in [-0.4, -0.2) is 18.2 Å². The first kappa shape index (κ1) is 16.1. The van der Waals surface area contributed by atoms with Crippen LogP contribution in [0.25, 0.3) is 6.08 Å². The molecule has 0 aromatic heterocycles. The SMILES string of the molecule is Cc1cc(N)cc(C)c1C=CCNC(=O)OC(C)(C)C. The summed E-state index contributed by atoms with van der Waals surface area (Å²) in [5.74, 6) is 0. The van der Waals surface area contributed by atoms with Crippen LogP contribution in [0, 0.1) is 13.8 Å². The highest BCUT2D eigenvalue weighted by atomic mass is 16.6. The van der Waals surface area contributed by atoms with Crippen LogP contribution in [0.15, 0.2) is 18.2 Å². The lowest BCUT2D eigenvalue weighted by atomic mass is 10.0. The molecular weight excluding hydrogens is 252 g/mol. The van der Waals surface area contributed by atoms with E-state index in [-0.39, 0.29) is 0 Å². The van der Waals surface area contributed by atoms with Gasteiger partial charge in [0.05, 0.1) is 0 Å². The number of alkyl carbamates (subject to hydrolysis) is 1. The predicted molar refractivity (Wildman–Crippen MR) is 83.6 cm³/mol. The zero-order valence-corrected chi connectivity index (χ0v) is 12.9. The molecular formula is C16H24N2O2. The van der Waals surface area contributed by atoms with Gasteiger partial charge >= 0.3 is 6.09 Å². The number of nitrogen functional groups attached to an aromatic ring is 1. The summed E-state index contributed by atoms with van der Waals surface area (Å²) >= 11 is 0. The predicted octanol–water partition coefficient (Wildman–Crippen LogP) is 3.42. The molecule has 4 nitrogen and oxygen atoms in total. The van der Waals surface area contributed by atoms with Gasteiger partial charge in [-0.15, -0.1) is 0 Å². The Bertz CT molecular complexity index is 491. The van der Waals surface area contributed by atoms with Crippen molar-refractivity contribution in [3.63, 3.8) is 0 Å². The molecule has 0 bridgehead atoms. The highest BCUT2D eigenvalue weighted by Crippen LogP contribution is 2.19. The van der Waals surface area contributed by atoms with E-state index in [1.54, 1.807) is 0 Å². The van der Waals surface area contributed by atoms with Crippen molar-refractivity contribution in [3.8, 4) is 0 Å². The minimum absolute atomic E-state index is 0.409. The number of hydrogen-bond acceptors (Lipinski definition) is 3. The molecule has 1 rings (SSSR count). The van der Waals surface area contributed by atoms with Gasteiger partial charge in [0.25, 0.3) is 0 Å². The van der Waals surface area contributed by atoms with Gasteiger partial charge < -0.3 is 15.8 Å². The van der Waals surface area contributed by atoms with Crippen molar-refractivity contribution in [2.24, 2.45) is 0 Å². The Hall–Kier alpha value is -1.97. The summed E-state index contributed by atoms with van der Waals surface area (Å²) < 4.78 is 5.15. The number of anilines is 1. The van der Waals surface area contributed by atoms with Gasteiger partial charge in [0, 0.05) is 12.2 Å². The van der Waals surface area contributed by atoms with Gasteiger partial charge in [-0.05, 0) is 63.4 Å². The number of carbonyl (C=O) groups excluding carboxylic acids is 1. The standard InChI is InChI=1S/C16H24N2O2/c1-11-9-13(17)10-12(2)14(11)7-6-8-18-15(19)20-16(3,4)5/h6-7,9-10H,8,17H2,1-5H3,(H,18,19). The second kappa shape index (κ2) is 6.46. The lowest BCUT2D eigenvalue weighted by Crippen LogP contribution is -2.32. The monoisotopic (exact) mass is 276 g/mol. The van der Waals surface area contributed by atoms with Crippen LogP contribution in [0.2, 0.25) is 0 Å². The lowest BCUT2D eigenvalue weighted by Gasteiger charge is -2.19. The number of rotatable bonds is 3. The second-order valence-electron chi connectivity index (χ2n) is 5.85. The van der Waals surface area contributed by atoms with Crippen molar-refractivity contribution in [2.75, 3.05) is 12.3 Å². The fourth-order valence-electron chi connectivity index (χ4n) is 1.90. The van der Waals surface area contributed by atoms with E-state index in [1.807, 2.05) is 58.9 Å². The van der Waals surface area contributed by atoms with E-state index in [9.17, 15) is 4.79 Å². The summed E-state index contributed by atoms with van der Waals surface area (Å²) in [5.41, 5.74) is 9.45. The summed E-state index contributed by atoms with van der Waals surface area (Å²) in [6.45, 7) is 9.98. The molecule has 0 aliphatic carbocycles. The molecule has 0 aliphatic rings. The Kier molecular flexibility index (Phi) is 5.19. The van der Waals surface area contributed by atoms with Crippen molar-refractivity contribution in [2.45, 2.75) is 40.2 Å². The van der Waals surface area contributed by atoms with Crippen molar-refractivity contribution < 1.29 is 9.53 Å². The molecule has 110 valence electrons. The summed E-state index contributed by atoms with van der Waals surface area (Å²) in [6.07, 6.45) is 3.48. The summed E-state index contributed by atoms with van der Waals surface area (Å²) in [5, 5.41) is 2.69. The van der Waals surface area contributed by atoms with E-state index in [2.05, 4.69) is 5.32 Å². The van der Waals surface area contributed by atoms with Gasteiger partial charge in [-0.2, -0.15) is 0 Å². The van der Waals surface area contributed by atoms with Crippen molar-refractivity contribution in [1.82, 2.24) is 5.32 Å². The van der Waals surface area contributed by atoms with Crippen LogP contribution in [0.3, 0.4) is 0 Å². The maximum atomic E-state index is 11.5. The van der Waals surface area contributed by atoms with Gasteiger partial charge in [-0.3, -0.25) is 0 Å². The van der Waals surface area contributed by atoms with Crippen LogP contribution in [0.4, 0.5) is 10.5 Å². The van der Waals surface area contributed by atoms with Crippen molar-refractivity contribution in [3.05, 3.63) is 34.9 Å². The van der Waals surface area contributed by atoms with E-state index in [0.29, 0.717) is 6.54 Å². The Morgan fingerprint density at radius 1 is 1.30 bits per heavy atom. The molecule has 20 heavy (non-hydrogen) atoms. The van der Waals surface area contributed by atoms with Crippen molar-refractivity contribution in [1.29, 1.82) is 0 Å². The largest absolute Gasteiger partial charge is 0.444 e. The van der Waals surface area contributed by atoms with Gasteiger partial charge in [-0.1, -0.05) is 12.2 Å². The van der Waals surface area contributed by atoms with Crippen LogP contribution in [0.1, 0.15) is 37.5 Å². The average molecular weight is 276 g/mol. The molecule has 0 unspecified atom stereocenters. The Morgan fingerprint density at radius 3 is 2.35 bits per heavy atom. The average Bonchev–Trinajstić information content (AvgIpc) is 2.23. The van der Waals surface area contributed by atoms with Gasteiger partial charge in [0.2, 0.25) is 0 Å². The third kappa shape index (κ3) is 5.34. The minimum Gasteiger partial charge on any atom is -0.444 e. The van der Waals surface area contributed by atoms with Crippen LogP contribution in [-0.2, 0) is 4.74 Å². The van der Waals surface area contributed by atoms with E-state index >= 15 is 0 Å². The van der Waals surface area contributed by atoms with Crippen LogP contribution >= 0.6 is 0 Å². The third-order valence-corrected chi connectivity index (χ3v) is 2.66. The Morgan fingerprint density at radius 2 is 1.85 bits per heavy atom. The number of hydrogen-bond donors (Lipinski definition) is 2. The van der Waals surface area contributed by atoms with Crippen LogP contribution in [0.5, 0.6) is 0 Å². The molecule has 4 heteroatoms. The van der Waals surface area contributed by atoms with Crippen LogP contribution < -0.4 is 11.1 Å². The van der Waals surface area contributed by atoms with Gasteiger partial charge in [0.1, 0.15) is 5.60 Å². The smallest absolute Gasteiger partial charge is 0.407 e. The molecule has 0 atom stereocenters. The maximum Gasteiger partial charge on any atom is 0.407 e. The molecule has 1 aromatic rings. The molecule has 3 N–H and O–H groups in total. The third-order valence-electron chi connectivity index (χ3n) is 2.66. The number of carbonyl (C=O) groups is 1. The van der Waals surface area contributed by atoms with E-state index in [0.717, 1.165) is 22.4 Å². The minimum atomic E-state index is -0.474. The number of benzene rings is 1. The Labute approximate surface area is 121 Å². The number of nitrogens with one attached hydrogen (secondary N) is 1. The first-order valence-electron chi connectivity index (χ1n) is 6.69. The fourth-order valence-corrected chi connectivity index (χ4v) is 1.90. The molecule has 0 fully saturated rings. The number of amides is 1. The normalized spacial score (nSPS) is 11.7. The van der Waals surface area contributed by atoms with E-state index in [1.165, 1.54) is 0 Å². The molecule has 0 radical (unpaired) electrons. The molecule has 1 amide bonds. The zero-order chi connectivity index (χ0) is 15.3. The molecule has 0 heterocycles. The summed E-state index contributed by atoms with van der Waals surface area (Å²) in [6, 6.07) is 3.88. The first-order chi connectivity index (χ1) is 9.19. The zero-order valence-electron chi connectivity index (χ0n) is 12.9. The fraction of sp³-hybridized carbons (Fsp3) is 0.438. The van der Waals surface area contributed by atoms with Gasteiger partial charge in [-0.25, -0.2) is 4.79 Å². The number of ether oxygens (including phenoxy) is 1. The second-order valence-corrected chi connectivity index (χ2v) is 5.85. The molecule has 0 saturated carbocycles. The quantitative estimate of drug-likeness (QED) is 0.831. The highest BCUT2D eigenvalue weighted by molar-refractivity contribution is 5.68. The molecule has 0 aliphatic heterocycles. The van der Waals surface area contributed by atoms with E-state index < -0.39 is 11.7 Å². The Balaban J connectivity index is 2.56. The number of nitrogens with two attached hydrogens (primary N) is 1. The molecule has 1 aromatic carbocycles.